The minimum Gasteiger partial charge on any atom is -0.482 e. The van der Waals surface area contributed by atoms with Crippen molar-refractivity contribution in [3.63, 3.8) is 0 Å². The first-order chi connectivity index (χ1) is 15.2. The summed E-state index contributed by atoms with van der Waals surface area (Å²) in [6, 6.07) is 16.9. The standard InChI is InChI=1S/C24H25N3O4/c1-30-21(28)16-31-19-12-8-11-18(15-19)25-24(29)22-20-13-6-3-7-14-27(20)23(26-22)17-9-4-2-5-10-17/h2,4-5,8-12,15H,3,6-7,13-14,16H2,1H3,(H,25,29). The SMILES string of the molecule is COC(=O)COc1cccc(NC(=O)c2nc(-c3ccccc3)n3c2CCCCC3)c1. The average molecular weight is 419 g/mol. The lowest BCUT2D eigenvalue weighted by Crippen LogP contribution is -2.16. The molecule has 1 N–H and O–H groups in total. The Morgan fingerprint density at radius 2 is 1.90 bits per heavy atom. The molecular formula is C24H25N3O4. The minimum absolute atomic E-state index is 0.192. The van der Waals surface area contributed by atoms with Crippen molar-refractivity contribution in [1.82, 2.24) is 9.55 Å². The number of esters is 1. The van der Waals surface area contributed by atoms with E-state index in [0.717, 1.165) is 49.3 Å². The van der Waals surface area contributed by atoms with E-state index in [9.17, 15) is 9.59 Å². The van der Waals surface area contributed by atoms with Gasteiger partial charge in [0.2, 0.25) is 0 Å². The Balaban J connectivity index is 1.59. The van der Waals surface area contributed by atoms with Gasteiger partial charge in [0.25, 0.3) is 5.91 Å². The number of nitrogens with zero attached hydrogens (tertiary/aromatic N) is 2. The molecule has 4 rings (SSSR count). The molecule has 2 aromatic carbocycles. The van der Waals surface area contributed by atoms with Crippen LogP contribution in [0, 0.1) is 0 Å². The van der Waals surface area contributed by atoms with Crippen LogP contribution in [0.4, 0.5) is 5.69 Å². The molecule has 1 aromatic heterocycles. The lowest BCUT2D eigenvalue weighted by molar-refractivity contribution is -0.142. The number of rotatable bonds is 6. The largest absolute Gasteiger partial charge is 0.482 e. The van der Waals surface area contributed by atoms with E-state index >= 15 is 0 Å². The molecule has 2 heterocycles. The van der Waals surface area contributed by atoms with Crippen LogP contribution < -0.4 is 10.1 Å². The molecule has 0 unspecified atom stereocenters. The number of methoxy groups -OCH3 is 1. The lowest BCUT2D eigenvalue weighted by Gasteiger charge is -2.10. The Hall–Kier alpha value is -3.61. The van der Waals surface area contributed by atoms with Gasteiger partial charge in [-0.25, -0.2) is 9.78 Å². The normalized spacial score (nSPS) is 13.1. The molecule has 1 aliphatic heterocycles. The highest BCUT2D eigenvalue weighted by Crippen LogP contribution is 2.28. The molecular weight excluding hydrogens is 394 g/mol. The van der Waals surface area contributed by atoms with Gasteiger partial charge in [0.15, 0.2) is 6.61 Å². The number of benzene rings is 2. The van der Waals surface area contributed by atoms with Gasteiger partial charge in [-0.15, -0.1) is 0 Å². The smallest absolute Gasteiger partial charge is 0.343 e. The third kappa shape index (κ3) is 4.77. The fourth-order valence-electron chi connectivity index (χ4n) is 3.76. The molecule has 0 atom stereocenters. The van der Waals surface area contributed by atoms with Crippen LogP contribution >= 0.6 is 0 Å². The second-order valence-corrected chi connectivity index (χ2v) is 7.41. The van der Waals surface area contributed by atoms with Crippen LogP contribution in [0.2, 0.25) is 0 Å². The minimum atomic E-state index is -0.469. The molecule has 0 fully saturated rings. The predicted octanol–water partition coefficient (Wildman–Crippen LogP) is 4.08. The summed E-state index contributed by atoms with van der Waals surface area (Å²) in [6.45, 7) is 0.666. The van der Waals surface area contributed by atoms with Crippen molar-refractivity contribution in [2.24, 2.45) is 0 Å². The number of fused-ring (bicyclic) bond motifs is 1. The Morgan fingerprint density at radius 3 is 2.71 bits per heavy atom. The molecule has 0 radical (unpaired) electrons. The first kappa shape index (κ1) is 20.7. The molecule has 3 aromatic rings. The van der Waals surface area contributed by atoms with Crippen molar-refractivity contribution in [3.8, 4) is 17.1 Å². The van der Waals surface area contributed by atoms with Crippen LogP contribution in [0.15, 0.2) is 54.6 Å². The molecule has 0 spiro atoms. The molecule has 7 heteroatoms. The van der Waals surface area contributed by atoms with E-state index in [1.54, 1.807) is 24.3 Å². The molecule has 1 aliphatic rings. The van der Waals surface area contributed by atoms with E-state index in [4.69, 9.17) is 9.72 Å². The Morgan fingerprint density at radius 1 is 1.06 bits per heavy atom. The summed E-state index contributed by atoms with van der Waals surface area (Å²) >= 11 is 0. The highest BCUT2D eigenvalue weighted by atomic mass is 16.6. The second kappa shape index (κ2) is 9.47. The first-order valence-electron chi connectivity index (χ1n) is 10.4. The highest BCUT2D eigenvalue weighted by Gasteiger charge is 2.24. The van der Waals surface area contributed by atoms with Crippen LogP contribution in [0.1, 0.15) is 35.4 Å². The number of hydrogen-bond acceptors (Lipinski definition) is 5. The molecule has 1 amide bonds. The summed E-state index contributed by atoms with van der Waals surface area (Å²) in [5, 5.41) is 2.92. The molecule has 0 saturated heterocycles. The summed E-state index contributed by atoms with van der Waals surface area (Å²) in [4.78, 5) is 29.2. The number of anilines is 1. The number of carbonyl (C=O) groups is 2. The maximum Gasteiger partial charge on any atom is 0.343 e. The Bertz CT molecular complexity index is 1080. The van der Waals surface area contributed by atoms with Gasteiger partial charge in [-0.2, -0.15) is 0 Å². The predicted molar refractivity (Wildman–Crippen MR) is 117 cm³/mol. The summed E-state index contributed by atoms with van der Waals surface area (Å²) in [5.41, 5.74) is 3.01. The number of nitrogens with one attached hydrogen (secondary N) is 1. The zero-order chi connectivity index (χ0) is 21.6. The summed E-state index contributed by atoms with van der Waals surface area (Å²) in [7, 11) is 1.31. The Labute approximate surface area is 181 Å². The number of imidazole rings is 1. The molecule has 0 saturated carbocycles. The zero-order valence-corrected chi connectivity index (χ0v) is 17.5. The average Bonchev–Trinajstić information content (AvgIpc) is 2.99. The molecule has 31 heavy (non-hydrogen) atoms. The van der Waals surface area contributed by atoms with Crippen LogP contribution in [0.3, 0.4) is 0 Å². The van der Waals surface area contributed by atoms with E-state index < -0.39 is 5.97 Å². The van der Waals surface area contributed by atoms with Crippen LogP contribution in [0.25, 0.3) is 11.4 Å². The zero-order valence-electron chi connectivity index (χ0n) is 17.5. The van der Waals surface area contributed by atoms with E-state index in [-0.39, 0.29) is 12.5 Å². The topological polar surface area (TPSA) is 82.4 Å². The number of hydrogen-bond donors (Lipinski definition) is 1. The first-order valence-corrected chi connectivity index (χ1v) is 10.4. The number of aromatic nitrogens is 2. The van der Waals surface area contributed by atoms with Crippen molar-refractivity contribution in [3.05, 3.63) is 66.0 Å². The summed E-state index contributed by atoms with van der Waals surface area (Å²) in [5.74, 6) is 0.580. The van der Waals surface area contributed by atoms with Gasteiger partial charge in [0, 0.05) is 23.9 Å². The van der Waals surface area contributed by atoms with Gasteiger partial charge in [-0.05, 0) is 31.4 Å². The maximum atomic E-state index is 13.2. The monoisotopic (exact) mass is 419 g/mol. The van der Waals surface area contributed by atoms with Gasteiger partial charge in [-0.3, -0.25) is 4.79 Å². The van der Waals surface area contributed by atoms with Gasteiger partial charge >= 0.3 is 5.97 Å². The van der Waals surface area contributed by atoms with Gasteiger partial charge in [-0.1, -0.05) is 42.8 Å². The van der Waals surface area contributed by atoms with E-state index in [0.29, 0.717) is 17.1 Å². The summed E-state index contributed by atoms with van der Waals surface area (Å²) in [6.07, 6.45) is 4.07. The van der Waals surface area contributed by atoms with Crippen LogP contribution in [-0.2, 0) is 22.5 Å². The van der Waals surface area contributed by atoms with Crippen molar-refractivity contribution in [2.45, 2.75) is 32.2 Å². The number of ether oxygens (including phenoxy) is 2. The molecule has 0 bridgehead atoms. The second-order valence-electron chi connectivity index (χ2n) is 7.41. The highest BCUT2D eigenvalue weighted by molar-refractivity contribution is 6.04. The van der Waals surface area contributed by atoms with Crippen molar-refractivity contribution in [2.75, 3.05) is 19.0 Å². The van der Waals surface area contributed by atoms with Crippen LogP contribution in [-0.4, -0.2) is 35.1 Å². The van der Waals surface area contributed by atoms with Crippen molar-refractivity contribution < 1.29 is 19.1 Å². The third-order valence-electron chi connectivity index (χ3n) is 5.29. The number of amides is 1. The quantitative estimate of drug-likeness (QED) is 0.609. The van der Waals surface area contributed by atoms with Gasteiger partial charge in [0.05, 0.1) is 12.8 Å². The van der Waals surface area contributed by atoms with Crippen LogP contribution in [0.5, 0.6) is 5.75 Å². The molecule has 0 aliphatic carbocycles. The van der Waals surface area contributed by atoms with Gasteiger partial charge < -0.3 is 19.4 Å². The fraction of sp³-hybridized carbons (Fsp3) is 0.292. The van der Waals surface area contributed by atoms with Crippen molar-refractivity contribution in [1.29, 1.82) is 0 Å². The fourth-order valence-corrected chi connectivity index (χ4v) is 3.76. The van der Waals surface area contributed by atoms with E-state index in [1.807, 2.05) is 30.3 Å². The lowest BCUT2D eigenvalue weighted by atomic mass is 10.1. The van der Waals surface area contributed by atoms with E-state index in [2.05, 4.69) is 14.6 Å². The maximum absolute atomic E-state index is 13.2. The van der Waals surface area contributed by atoms with Crippen molar-refractivity contribution >= 4 is 17.6 Å². The summed E-state index contributed by atoms with van der Waals surface area (Å²) < 4.78 is 12.2. The van der Waals surface area contributed by atoms with Gasteiger partial charge in [0.1, 0.15) is 17.3 Å². The molecule has 160 valence electrons. The Kier molecular flexibility index (Phi) is 6.31. The number of carbonyl (C=O) groups excluding carboxylic acids is 2. The molecule has 7 nitrogen and oxygen atoms in total. The van der Waals surface area contributed by atoms with E-state index in [1.165, 1.54) is 7.11 Å². The third-order valence-corrected chi connectivity index (χ3v) is 5.29.